The molecule has 0 radical (unpaired) electrons. The highest BCUT2D eigenvalue weighted by Gasteiger charge is 2.15. The number of para-hydroxylation sites is 1. The third kappa shape index (κ3) is 3.46. The van der Waals surface area contributed by atoms with Gasteiger partial charge in [0.15, 0.2) is 0 Å². The minimum absolute atomic E-state index is 0.0260. The van der Waals surface area contributed by atoms with Crippen molar-refractivity contribution in [1.82, 2.24) is 0 Å². The molecule has 0 unspecified atom stereocenters. The van der Waals surface area contributed by atoms with Gasteiger partial charge in [0.1, 0.15) is 5.75 Å². The minimum Gasteiger partial charge on any atom is -0.492 e. The maximum atomic E-state index is 9.25. The second-order valence-corrected chi connectivity index (χ2v) is 5.53. The second-order valence-electron chi connectivity index (χ2n) is 4.67. The highest BCUT2D eigenvalue weighted by atomic mass is 79.9. The molecule has 0 heterocycles. The molecule has 17 heavy (non-hydrogen) atoms. The maximum Gasteiger partial charge on any atom is 0.138 e. The summed E-state index contributed by atoms with van der Waals surface area (Å²) >= 11 is 3.47. The van der Waals surface area contributed by atoms with Gasteiger partial charge < -0.3 is 9.84 Å². The van der Waals surface area contributed by atoms with Crippen LogP contribution in [0, 0.1) is 5.92 Å². The average Bonchev–Trinajstić information content (AvgIpc) is 2.84. The minimum atomic E-state index is 0.0260. The van der Waals surface area contributed by atoms with Crippen molar-refractivity contribution in [2.24, 2.45) is 5.92 Å². The van der Waals surface area contributed by atoms with Crippen molar-refractivity contribution in [3.05, 3.63) is 28.2 Å². The zero-order valence-electron chi connectivity index (χ0n) is 9.99. The lowest BCUT2D eigenvalue weighted by Gasteiger charge is -2.14. The van der Waals surface area contributed by atoms with Gasteiger partial charge in [0.05, 0.1) is 17.7 Å². The van der Waals surface area contributed by atoms with E-state index in [-0.39, 0.29) is 6.61 Å². The Morgan fingerprint density at radius 2 is 2.06 bits per heavy atom. The lowest BCUT2D eigenvalue weighted by molar-refractivity contribution is 0.250. The average molecular weight is 299 g/mol. The van der Waals surface area contributed by atoms with Crippen LogP contribution in [0.4, 0.5) is 0 Å². The number of rotatable bonds is 5. The van der Waals surface area contributed by atoms with E-state index in [1.807, 2.05) is 18.2 Å². The molecule has 0 aromatic heterocycles. The van der Waals surface area contributed by atoms with Gasteiger partial charge in [0.2, 0.25) is 0 Å². The van der Waals surface area contributed by atoms with Crippen molar-refractivity contribution in [2.45, 2.75) is 38.7 Å². The summed E-state index contributed by atoms with van der Waals surface area (Å²) in [5.74, 6) is 1.64. The Hall–Kier alpha value is -0.540. The number of hydrogen-bond donors (Lipinski definition) is 1. The molecular formula is C14H19BrO2. The zero-order chi connectivity index (χ0) is 12.1. The molecule has 0 aliphatic heterocycles. The molecule has 94 valence electrons. The van der Waals surface area contributed by atoms with Gasteiger partial charge in [0.25, 0.3) is 0 Å². The van der Waals surface area contributed by atoms with Crippen LogP contribution in [0.5, 0.6) is 5.75 Å². The molecule has 1 aromatic carbocycles. The van der Waals surface area contributed by atoms with Crippen LogP contribution in [0.1, 0.15) is 37.7 Å². The Morgan fingerprint density at radius 3 is 2.76 bits per heavy atom. The first-order valence-electron chi connectivity index (χ1n) is 6.32. The third-order valence-electron chi connectivity index (χ3n) is 3.47. The second kappa shape index (κ2) is 6.41. The van der Waals surface area contributed by atoms with E-state index in [1.165, 1.54) is 25.7 Å². The lowest BCUT2D eigenvalue weighted by Crippen LogP contribution is -2.05. The SMILES string of the molecule is OCc1cccc(Br)c1OCCC1CCCC1. The van der Waals surface area contributed by atoms with Crippen molar-refractivity contribution >= 4 is 15.9 Å². The Bertz CT molecular complexity index is 359. The Morgan fingerprint density at radius 1 is 1.29 bits per heavy atom. The van der Waals surface area contributed by atoms with Crippen molar-refractivity contribution in [2.75, 3.05) is 6.61 Å². The number of aliphatic hydroxyl groups excluding tert-OH is 1. The van der Waals surface area contributed by atoms with Crippen molar-refractivity contribution < 1.29 is 9.84 Å². The van der Waals surface area contributed by atoms with Gasteiger partial charge >= 0.3 is 0 Å². The van der Waals surface area contributed by atoms with Crippen LogP contribution < -0.4 is 4.74 Å². The monoisotopic (exact) mass is 298 g/mol. The van der Waals surface area contributed by atoms with Crippen LogP contribution in [-0.4, -0.2) is 11.7 Å². The summed E-state index contributed by atoms with van der Waals surface area (Å²) in [7, 11) is 0. The van der Waals surface area contributed by atoms with E-state index in [0.717, 1.165) is 34.7 Å². The Balaban J connectivity index is 1.89. The fourth-order valence-corrected chi connectivity index (χ4v) is 2.99. The molecule has 2 nitrogen and oxygen atoms in total. The summed E-state index contributed by atoms with van der Waals surface area (Å²) < 4.78 is 6.74. The number of aliphatic hydroxyl groups is 1. The molecule has 1 aliphatic carbocycles. The van der Waals surface area contributed by atoms with E-state index in [9.17, 15) is 5.11 Å². The smallest absolute Gasteiger partial charge is 0.138 e. The molecule has 0 bridgehead atoms. The molecule has 1 saturated carbocycles. The number of ether oxygens (including phenoxy) is 1. The molecular weight excluding hydrogens is 280 g/mol. The van der Waals surface area contributed by atoms with Gasteiger partial charge in [-0.25, -0.2) is 0 Å². The summed E-state index contributed by atoms with van der Waals surface area (Å²) in [6.45, 7) is 0.776. The van der Waals surface area contributed by atoms with E-state index in [4.69, 9.17) is 4.74 Å². The normalized spacial score (nSPS) is 16.4. The van der Waals surface area contributed by atoms with Crippen LogP contribution in [0.25, 0.3) is 0 Å². The lowest BCUT2D eigenvalue weighted by atomic mass is 10.1. The fraction of sp³-hybridized carbons (Fsp3) is 0.571. The number of hydrogen-bond acceptors (Lipinski definition) is 2. The molecule has 0 spiro atoms. The molecule has 1 fully saturated rings. The molecule has 3 heteroatoms. The van der Waals surface area contributed by atoms with Crippen molar-refractivity contribution in [3.63, 3.8) is 0 Å². The largest absolute Gasteiger partial charge is 0.492 e. The number of benzene rings is 1. The van der Waals surface area contributed by atoms with Crippen LogP contribution in [0.3, 0.4) is 0 Å². The highest BCUT2D eigenvalue weighted by molar-refractivity contribution is 9.10. The van der Waals surface area contributed by atoms with Crippen molar-refractivity contribution in [1.29, 1.82) is 0 Å². The fourth-order valence-electron chi connectivity index (χ4n) is 2.47. The number of halogens is 1. The van der Waals surface area contributed by atoms with E-state index >= 15 is 0 Å². The molecule has 1 aliphatic rings. The topological polar surface area (TPSA) is 29.5 Å². The van der Waals surface area contributed by atoms with Gasteiger partial charge in [-0.1, -0.05) is 37.8 Å². The molecule has 0 saturated heterocycles. The van der Waals surface area contributed by atoms with Crippen LogP contribution in [0.15, 0.2) is 22.7 Å². The van der Waals surface area contributed by atoms with Crippen molar-refractivity contribution in [3.8, 4) is 5.75 Å². The third-order valence-corrected chi connectivity index (χ3v) is 4.09. The van der Waals surface area contributed by atoms with Crippen LogP contribution in [0.2, 0.25) is 0 Å². The summed E-state index contributed by atoms with van der Waals surface area (Å²) in [6.07, 6.45) is 6.59. The van der Waals surface area contributed by atoms with Gasteiger partial charge in [-0.2, -0.15) is 0 Å². The van der Waals surface area contributed by atoms with E-state index in [0.29, 0.717) is 0 Å². The summed E-state index contributed by atoms with van der Waals surface area (Å²) in [5.41, 5.74) is 0.853. The first-order chi connectivity index (χ1) is 8.31. The van der Waals surface area contributed by atoms with Crippen LogP contribution >= 0.6 is 15.9 Å². The quantitative estimate of drug-likeness (QED) is 0.893. The maximum absolute atomic E-state index is 9.25. The van der Waals surface area contributed by atoms with Gasteiger partial charge in [-0.05, 0) is 34.3 Å². The Labute approximate surface area is 111 Å². The molecule has 1 N–H and O–H groups in total. The van der Waals surface area contributed by atoms with Gasteiger partial charge in [0, 0.05) is 5.56 Å². The predicted molar refractivity (Wildman–Crippen MR) is 72.1 cm³/mol. The van der Waals surface area contributed by atoms with Crippen LogP contribution in [-0.2, 0) is 6.61 Å². The molecule has 0 amide bonds. The van der Waals surface area contributed by atoms with Gasteiger partial charge in [-0.3, -0.25) is 0 Å². The van der Waals surface area contributed by atoms with E-state index in [1.54, 1.807) is 0 Å². The summed E-state index contributed by atoms with van der Waals surface area (Å²) in [4.78, 5) is 0. The Kier molecular flexibility index (Phi) is 4.86. The standard InChI is InChI=1S/C14H19BrO2/c15-13-7-3-6-12(10-16)14(13)17-9-8-11-4-1-2-5-11/h3,6-7,11,16H,1-2,4-5,8-10H2. The van der Waals surface area contributed by atoms with E-state index < -0.39 is 0 Å². The molecule has 2 rings (SSSR count). The van der Waals surface area contributed by atoms with Gasteiger partial charge in [-0.15, -0.1) is 0 Å². The first kappa shape index (κ1) is 12.9. The molecule has 0 atom stereocenters. The predicted octanol–water partition coefficient (Wildman–Crippen LogP) is 3.90. The zero-order valence-corrected chi connectivity index (χ0v) is 11.6. The first-order valence-corrected chi connectivity index (χ1v) is 7.11. The highest BCUT2D eigenvalue weighted by Crippen LogP contribution is 2.31. The summed E-state index contributed by atoms with van der Waals surface area (Å²) in [6, 6.07) is 5.76. The summed E-state index contributed by atoms with van der Waals surface area (Å²) in [5, 5.41) is 9.25. The van der Waals surface area contributed by atoms with E-state index in [2.05, 4.69) is 15.9 Å². The molecule has 1 aromatic rings.